The Hall–Kier alpha value is -2.42. The van der Waals surface area contributed by atoms with Crippen molar-refractivity contribution >= 4 is 39.8 Å². The third-order valence-corrected chi connectivity index (χ3v) is 2.96. The Bertz CT molecular complexity index is 643. The number of carboxylic acid groups (broad SMARTS) is 1. The molecule has 8 nitrogen and oxygen atoms in total. The normalized spacial score (nSPS) is 12.7. The molecule has 23 heavy (non-hydrogen) atoms. The molecule has 0 aliphatic heterocycles. The molecule has 0 aromatic carbocycles. The minimum Gasteiger partial charge on any atom is -0.478 e. The van der Waals surface area contributed by atoms with Crippen LogP contribution >= 0.6 is 11.3 Å². The molecule has 1 aromatic heterocycles. The van der Waals surface area contributed by atoms with Gasteiger partial charge in [-0.15, -0.1) is 11.3 Å². The van der Waals surface area contributed by atoms with Crippen LogP contribution in [0.5, 0.6) is 0 Å². The van der Waals surface area contributed by atoms with Gasteiger partial charge in [-0.05, 0) is 33.8 Å². The number of rotatable bonds is 5. The number of aromatic nitrogens is 1. The lowest BCUT2D eigenvalue weighted by atomic mass is 10.1. The lowest BCUT2D eigenvalue weighted by molar-refractivity contribution is -0.130. The molecule has 0 aliphatic carbocycles. The monoisotopic (exact) mass is 341 g/mol. The average molecular weight is 341 g/mol. The molecule has 1 amide bonds. The van der Waals surface area contributed by atoms with E-state index in [1.165, 1.54) is 18.6 Å². The second kappa shape index (κ2) is 7.73. The summed E-state index contributed by atoms with van der Waals surface area (Å²) < 4.78 is 5.11. The van der Waals surface area contributed by atoms with Crippen molar-refractivity contribution in [3.8, 4) is 0 Å². The topological polar surface area (TPSA) is 110 Å². The summed E-state index contributed by atoms with van der Waals surface area (Å²) in [5.41, 5.74) is -0.111. The van der Waals surface area contributed by atoms with E-state index in [2.05, 4.69) is 20.3 Å². The second-order valence-electron chi connectivity index (χ2n) is 5.44. The van der Waals surface area contributed by atoms with E-state index in [9.17, 15) is 14.7 Å². The fraction of sp³-hybridized carbons (Fsp3) is 0.429. The van der Waals surface area contributed by atoms with Crippen molar-refractivity contribution in [2.75, 3.05) is 12.4 Å². The molecule has 0 radical (unpaired) electrons. The van der Waals surface area contributed by atoms with Gasteiger partial charge in [-0.1, -0.05) is 5.16 Å². The standard InChI is InChI=1S/C14H19N3O5S/c1-8(17-21-5)6-9(11(18)19)10-7-23-12(15-10)16-13(20)22-14(2,3)4/h6-7H,1-5H3,(H,18,19)(H,15,16,20). The molecule has 0 atom stereocenters. The van der Waals surface area contributed by atoms with Gasteiger partial charge in [0, 0.05) is 5.38 Å². The lowest BCUT2D eigenvalue weighted by Gasteiger charge is -2.18. The van der Waals surface area contributed by atoms with Gasteiger partial charge in [0.1, 0.15) is 12.7 Å². The highest BCUT2D eigenvalue weighted by atomic mass is 32.1. The summed E-state index contributed by atoms with van der Waals surface area (Å²) in [6.07, 6.45) is 0.675. The van der Waals surface area contributed by atoms with Gasteiger partial charge in [-0.2, -0.15) is 0 Å². The van der Waals surface area contributed by atoms with Crippen LogP contribution in [-0.4, -0.2) is 40.6 Å². The van der Waals surface area contributed by atoms with E-state index in [0.29, 0.717) is 5.71 Å². The molecule has 0 fully saturated rings. The molecular formula is C14H19N3O5S. The zero-order valence-corrected chi connectivity index (χ0v) is 14.4. The Labute approximate surface area is 137 Å². The van der Waals surface area contributed by atoms with Crippen molar-refractivity contribution in [2.45, 2.75) is 33.3 Å². The summed E-state index contributed by atoms with van der Waals surface area (Å²) in [5.74, 6) is -1.16. The van der Waals surface area contributed by atoms with Gasteiger partial charge in [0.05, 0.1) is 17.0 Å². The van der Waals surface area contributed by atoms with Crippen LogP contribution in [-0.2, 0) is 14.4 Å². The number of nitrogens with one attached hydrogen (secondary N) is 1. The fourth-order valence-corrected chi connectivity index (χ4v) is 2.17. The summed E-state index contributed by atoms with van der Waals surface area (Å²) in [4.78, 5) is 31.7. The first-order valence-electron chi connectivity index (χ1n) is 6.61. The van der Waals surface area contributed by atoms with Crippen LogP contribution in [0.3, 0.4) is 0 Å². The third kappa shape index (κ3) is 6.47. The van der Waals surface area contributed by atoms with E-state index in [1.807, 2.05) is 0 Å². The Balaban J connectivity index is 2.94. The quantitative estimate of drug-likeness (QED) is 0.484. The maximum absolute atomic E-state index is 11.7. The van der Waals surface area contributed by atoms with E-state index in [1.54, 1.807) is 27.7 Å². The number of aliphatic carboxylic acids is 1. The number of anilines is 1. The Kier molecular flexibility index (Phi) is 6.26. The largest absolute Gasteiger partial charge is 0.478 e. The van der Waals surface area contributed by atoms with Gasteiger partial charge in [0.25, 0.3) is 0 Å². The smallest absolute Gasteiger partial charge is 0.413 e. The van der Waals surface area contributed by atoms with Crippen LogP contribution in [0.1, 0.15) is 33.4 Å². The molecule has 126 valence electrons. The number of amides is 1. The lowest BCUT2D eigenvalue weighted by Crippen LogP contribution is -2.27. The Morgan fingerprint density at radius 3 is 2.61 bits per heavy atom. The van der Waals surface area contributed by atoms with Gasteiger partial charge in [0.15, 0.2) is 5.13 Å². The molecule has 0 bridgehead atoms. The molecule has 0 saturated heterocycles. The van der Waals surface area contributed by atoms with Gasteiger partial charge < -0.3 is 14.7 Å². The number of carbonyl (C=O) groups is 2. The van der Waals surface area contributed by atoms with E-state index >= 15 is 0 Å². The summed E-state index contributed by atoms with van der Waals surface area (Å²) in [5, 5.41) is 17.1. The summed E-state index contributed by atoms with van der Waals surface area (Å²) >= 11 is 1.09. The highest BCUT2D eigenvalue weighted by Crippen LogP contribution is 2.22. The van der Waals surface area contributed by atoms with Crippen molar-refractivity contribution in [1.82, 2.24) is 4.98 Å². The van der Waals surface area contributed by atoms with Crippen molar-refractivity contribution in [2.24, 2.45) is 5.16 Å². The van der Waals surface area contributed by atoms with Gasteiger partial charge in [-0.25, -0.2) is 14.6 Å². The maximum atomic E-state index is 11.7. The van der Waals surface area contributed by atoms with Crippen molar-refractivity contribution in [3.05, 3.63) is 17.2 Å². The molecule has 9 heteroatoms. The second-order valence-corrected chi connectivity index (χ2v) is 6.30. The predicted octanol–water partition coefficient (Wildman–Crippen LogP) is 2.98. The van der Waals surface area contributed by atoms with E-state index in [0.717, 1.165) is 11.3 Å². The zero-order valence-electron chi connectivity index (χ0n) is 13.5. The highest BCUT2D eigenvalue weighted by molar-refractivity contribution is 7.14. The Morgan fingerprint density at radius 1 is 1.43 bits per heavy atom. The SMILES string of the molecule is CON=C(C)C=C(C(=O)O)c1csc(NC(=O)OC(C)(C)C)n1. The number of hydrogen-bond donors (Lipinski definition) is 2. The van der Waals surface area contributed by atoms with Gasteiger partial charge >= 0.3 is 12.1 Å². The molecule has 1 heterocycles. The minimum atomic E-state index is -1.16. The van der Waals surface area contributed by atoms with Crippen molar-refractivity contribution < 1.29 is 24.3 Å². The molecule has 0 aliphatic rings. The van der Waals surface area contributed by atoms with Crippen LogP contribution in [0.4, 0.5) is 9.93 Å². The molecule has 1 aromatic rings. The number of allylic oxidation sites excluding steroid dienone is 1. The van der Waals surface area contributed by atoms with Gasteiger partial charge in [-0.3, -0.25) is 5.32 Å². The number of oxime groups is 1. The summed E-state index contributed by atoms with van der Waals surface area (Å²) in [7, 11) is 1.36. The van der Waals surface area contributed by atoms with E-state index < -0.39 is 17.7 Å². The number of ether oxygens (including phenoxy) is 1. The molecule has 0 unspecified atom stereocenters. The third-order valence-electron chi connectivity index (χ3n) is 2.21. The minimum absolute atomic E-state index is 0.0585. The van der Waals surface area contributed by atoms with Crippen LogP contribution in [0.25, 0.3) is 5.57 Å². The first kappa shape index (κ1) is 18.6. The van der Waals surface area contributed by atoms with E-state index in [4.69, 9.17) is 4.74 Å². The number of carboxylic acids is 1. The Morgan fingerprint density at radius 2 is 2.09 bits per heavy atom. The van der Waals surface area contributed by atoms with Crippen LogP contribution in [0, 0.1) is 0 Å². The zero-order chi connectivity index (χ0) is 17.6. The molecule has 1 rings (SSSR count). The number of carbonyl (C=O) groups excluding carboxylic acids is 1. The molecule has 0 saturated carbocycles. The number of hydrogen-bond acceptors (Lipinski definition) is 7. The summed E-state index contributed by atoms with van der Waals surface area (Å²) in [6, 6.07) is 0. The van der Waals surface area contributed by atoms with Crippen molar-refractivity contribution in [1.29, 1.82) is 0 Å². The molecular weight excluding hydrogens is 322 g/mol. The van der Waals surface area contributed by atoms with Crippen LogP contribution < -0.4 is 5.32 Å². The number of nitrogens with zero attached hydrogens (tertiary/aromatic N) is 2. The number of thiazole rings is 1. The van der Waals surface area contributed by atoms with Crippen molar-refractivity contribution in [3.63, 3.8) is 0 Å². The maximum Gasteiger partial charge on any atom is 0.413 e. The van der Waals surface area contributed by atoms with Crippen LogP contribution in [0.2, 0.25) is 0 Å². The molecule has 0 spiro atoms. The van der Waals surface area contributed by atoms with Crippen LogP contribution in [0.15, 0.2) is 16.6 Å². The highest BCUT2D eigenvalue weighted by Gasteiger charge is 2.19. The summed E-state index contributed by atoms with van der Waals surface area (Å²) in [6.45, 7) is 6.81. The van der Waals surface area contributed by atoms with E-state index in [-0.39, 0.29) is 16.4 Å². The fourth-order valence-electron chi connectivity index (χ4n) is 1.47. The molecule has 2 N–H and O–H groups in total. The first-order chi connectivity index (χ1) is 10.6. The van der Waals surface area contributed by atoms with Gasteiger partial charge in [0.2, 0.25) is 0 Å². The predicted molar refractivity (Wildman–Crippen MR) is 87.7 cm³/mol. The first-order valence-corrected chi connectivity index (χ1v) is 7.49. The average Bonchev–Trinajstić information content (AvgIpc) is 2.81.